The molecule has 0 bridgehead atoms. The number of nitrogens with two attached hydrogens (primary N) is 4. The summed E-state index contributed by atoms with van der Waals surface area (Å²) in [5.74, 6) is -0.266. The number of rotatable bonds is 19. The Morgan fingerprint density at radius 3 is 1.53 bits per heavy atom. The lowest BCUT2D eigenvalue weighted by atomic mass is 10.2. The third-order valence-corrected chi connectivity index (χ3v) is 21.3. The molecule has 9 unspecified atom stereocenters. The minimum Gasteiger partial charge on any atom is -0.382 e. The Kier molecular flexibility index (Phi) is 16.3. The third-order valence-electron chi connectivity index (χ3n) is 13.3. The number of nitrogens with zero attached hydrogens (tertiary/aromatic N) is 17. The number of amides is 1. The van der Waals surface area contributed by atoms with Crippen LogP contribution < -0.4 is 28.5 Å². The quantitative estimate of drug-likeness (QED) is 0.0675. The normalized spacial score (nSPS) is 24.6. The zero-order valence-electron chi connectivity index (χ0n) is 43.7. The molecule has 420 valence electrons. The molecule has 9 atom stereocenters. The molecule has 9 heterocycles. The van der Waals surface area contributed by atoms with Gasteiger partial charge in [0.2, 0.25) is 11.9 Å². The molecule has 0 aromatic carbocycles. The van der Waals surface area contributed by atoms with E-state index in [-0.39, 0.29) is 100 Å². The highest BCUT2D eigenvalue weighted by Gasteiger charge is 2.47. The van der Waals surface area contributed by atoms with Gasteiger partial charge in [-0.15, -0.1) is 0 Å². The number of imidazole rings is 3. The average Bonchev–Trinajstić information content (AvgIpc) is 4.18. The number of ether oxygens (including phenoxy) is 3. The lowest BCUT2D eigenvalue weighted by Crippen LogP contribution is -2.52. The van der Waals surface area contributed by atoms with Crippen molar-refractivity contribution >= 4 is 79.8 Å². The maximum Gasteiger partial charge on any atom is 0.345 e. The van der Waals surface area contributed by atoms with Crippen LogP contribution in [0.15, 0.2) is 36.4 Å². The summed E-state index contributed by atoms with van der Waals surface area (Å²) in [4.78, 5) is 64.1. The molecule has 0 spiro atoms. The van der Waals surface area contributed by atoms with Crippen LogP contribution >= 0.6 is 22.9 Å². The molecular weight excluding hydrogens is 1070 g/mol. The molecule has 6 aromatic rings. The van der Waals surface area contributed by atoms with E-state index in [9.17, 15) is 14.2 Å². The van der Waals surface area contributed by atoms with Crippen molar-refractivity contribution in [3.05, 3.63) is 42.0 Å². The summed E-state index contributed by atoms with van der Waals surface area (Å²) in [6, 6.07) is 0. The van der Waals surface area contributed by atoms with E-state index in [0.29, 0.717) is 22.3 Å². The summed E-state index contributed by atoms with van der Waals surface area (Å²) in [5, 5.41) is 0. The van der Waals surface area contributed by atoms with E-state index in [0.717, 1.165) is 0 Å². The Morgan fingerprint density at radius 2 is 1.08 bits per heavy atom. The fourth-order valence-corrected chi connectivity index (χ4v) is 15.2. The SMILES string of the molecule is CC(C)P(=O)(OCC1CN(P(=O)(OCC2CN(P(=O)(OCC3CN(C(=O)CN)CC(n4cnc5c(=O)[nH]c(N)nc54)O3)N(C)C)CC(n3cnc4c(N)ncnc43)O2)N(C)C)CC(n2cnc3c(N)ncnc32)O1)N(C)C. The van der Waals surface area contributed by atoms with E-state index in [1.807, 2.05) is 0 Å². The van der Waals surface area contributed by atoms with Gasteiger partial charge >= 0.3 is 15.3 Å². The van der Waals surface area contributed by atoms with Gasteiger partial charge in [-0.25, -0.2) is 58.2 Å². The van der Waals surface area contributed by atoms with Crippen molar-refractivity contribution in [1.82, 2.24) is 86.8 Å². The van der Waals surface area contributed by atoms with E-state index < -0.39 is 71.3 Å². The summed E-state index contributed by atoms with van der Waals surface area (Å²) in [6.07, 6.45) is 1.47. The zero-order chi connectivity index (χ0) is 55.3. The lowest BCUT2D eigenvalue weighted by Gasteiger charge is -2.45. The van der Waals surface area contributed by atoms with Crippen LogP contribution in [0.2, 0.25) is 0 Å². The highest BCUT2D eigenvalue weighted by molar-refractivity contribution is 7.57. The van der Waals surface area contributed by atoms with Crippen LogP contribution in [-0.2, 0) is 46.3 Å². The van der Waals surface area contributed by atoms with Crippen molar-refractivity contribution in [2.45, 2.75) is 56.5 Å². The number of H-pyrrole nitrogens is 1. The molecule has 3 saturated heterocycles. The van der Waals surface area contributed by atoms with Gasteiger partial charge < -0.3 is 55.6 Å². The number of carbonyl (C=O) groups excluding carboxylic acids is 1. The second-order valence-electron chi connectivity index (χ2n) is 19.4. The van der Waals surface area contributed by atoms with Gasteiger partial charge in [0.15, 0.2) is 40.3 Å². The number of morpholine rings is 3. The summed E-state index contributed by atoms with van der Waals surface area (Å²) >= 11 is 0. The number of carbonyl (C=O) groups is 1. The van der Waals surface area contributed by atoms with Crippen LogP contribution in [-0.4, -0.2) is 225 Å². The predicted octanol–water partition coefficient (Wildman–Crippen LogP) is 0.182. The molecule has 3 fully saturated rings. The first kappa shape index (κ1) is 56.3. The van der Waals surface area contributed by atoms with Gasteiger partial charge in [-0.2, -0.15) is 4.98 Å². The van der Waals surface area contributed by atoms with Gasteiger partial charge in [-0.1, -0.05) is 13.8 Å². The number of aromatic nitrogens is 12. The van der Waals surface area contributed by atoms with E-state index in [2.05, 4.69) is 44.9 Å². The number of fused-ring (bicyclic) bond motifs is 3. The molecular formula is C41H65N22O11P3. The summed E-state index contributed by atoms with van der Waals surface area (Å²) in [7, 11) is -1.76. The minimum atomic E-state index is -4.11. The maximum atomic E-state index is 15.7. The van der Waals surface area contributed by atoms with Gasteiger partial charge in [0, 0.05) is 25.3 Å². The van der Waals surface area contributed by atoms with Crippen molar-refractivity contribution in [1.29, 1.82) is 0 Å². The van der Waals surface area contributed by atoms with Gasteiger partial charge in [0.25, 0.3) is 13.1 Å². The van der Waals surface area contributed by atoms with Gasteiger partial charge in [0.05, 0.1) is 77.2 Å². The Labute approximate surface area is 441 Å². The fourth-order valence-electron chi connectivity index (χ4n) is 9.39. The molecule has 3 aliphatic rings. The Bertz CT molecular complexity index is 3300. The molecule has 0 saturated carbocycles. The number of hydrogen-bond acceptors (Lipinski definition) is 23. The van der Waals surface area contributed by atoms with Crippen LogP contribution in [0.5, 0.6) is 0 Å². The first-order valence-electron chi connectivity index (χ1n) is 24.3. The Balaban J connectivity index is 1.00. The van der Waals surface area contributed by atoms with E-state index in [1.54, 1.807) is 79.3 Å². The van der Waals surface area contributed by atoms with Crippen molar-refractivity contribution < 1.29 is 46.3 Å². The van der Waals surface area contributed by atoms with Crippen molar-refractivity contribution in [2.75, 3.05) is 125 Å². The van der Waals surface area contributed by atoms with Crippen molar-refractivity contribution in [2.24, 2.45) is 5.73 Å². The number of nitrogen functional groups attached to an aromatic ring is 3. The van der Waals surface area contributed by atoms with E-state index in [4.69, 9.17) is 50.7 Å². The smallest absolute Gasteiger partial charge is 0.345 e. The minimum absolute atomic E-state index is 0.00424. The maximum absolute atomic E-state index is 15.7. The molecule has 9 rings (SSSR count). The fraction of sp³-hybridized carbons (Fsp3) is 0.610. The van der Waals surface area contributed by atoms with Gasteiger partial charge in [-0.3, -0.25) is 42.0 Å². The molecule has 33 nitrogen and oxygen atoms in total. The molecule has 3 aliphatic heterocycles. The molecule has 36 heteroatoms. The van der Waals surface area contributed by atoms with Crippen LogP contribution in [0.25, 0.3) is 33.5 Å². The van der Waals surface area contributed by atoms with E-state index >= 15 is 9.13 Å². The highest BCUT2D eigenvalue weighted by Crippen LogP contribution is 2.58. The van der Waals surface area contributed by atoms with Gasteiger partial charge in [0.1, 0.15) is 42.2 Å². The molecule has 77 heavy (non-hydrogen) atoms. The third kappa shape index (κ3) is 11.0. The largest absolute Gasteiger partial charge is 0.382 e. The van der Waals surface area contributed by atoms with Crippen LogP contribution in [0, 0.1) is 0 Å². The van der Waals surface area contributed by atoms with Gasteiger partial charge in [-0.05, 0) is 42.3 Å². The summed E-state index contributed by atoms with van der Waals surface area (Å²) in [6.45, 7) is 2.39. The van der Waals surface area contributed by atoms with Crippen LogP contribution in [0.4, 0.5) is 17.6 Å². The molecule has 0 aliphatic carbocycles. The number of hydrogen-bond donors (Lipinski definition) is 5. The monoisotopic (exact) mass is 1130 g/mol. The Hall–Kier alpha value is -5.47. The average molecular weight is 1140 g/mol. The van der Waals surface area contributed by atoms with Crippen molar-refractivity contribution in [3.63, 3.8) is 0 Å². The zero-order valence-corrected chi connectivity index (χ0v) is 46.4. The summed E-state index contributed by atoms with van der Waals surface area (Å²) < 4.78 is 97.0. The number of nitrogens with one attached hydrogen (secondary N) is 1. The second-order valence-corrected chi connectivity index (χ2v) is 27.8. The first-order valence-corrected chi connectivity index (χ1v) is 29.1. The van der Waals surface area contributed by atoms with Crippen LogP contribution in [0.1, 0.15) is 32.5 Å². The molecule has 1 amide bonds. The predicted molar refractivity (Wildman–Crippen MR) is 279 cm³/mol. The Morgan fingerprint density at radius 1 is 0.636 bits per heavy atom. The number of aromatic amines is 1. The topological polar surface area (TPSA) is 398 Å². The number of anilines is 3. The molecule has 0 radical (unpaired) electrons. The molecule has 9 N–H and O–H groups in total. The van der Waals surface area contributed by atoms with Crippen LogP contribution in [0.3, 0.4) is 0 Å². The van der Waals surface area contributed by atoms with E-state index in [1.165, 1.54) is 50.4 Å². The second kappa shape index (κ2) is 22.3. The standard InChI is InChI=1S/C41H65N22O11P3/c1-24(2)75(66,55(3)4)69-16-26-11-59(14-30(73-26)61-21-50-32-35(43)46-19-48-37(32)61)77(68,57(7)8)71-18-27-12-60(15-31(74-27)62-22-51-33-36(44)47-20-49-38(33)62)76(67,56(5)6)70-17-25-10-58(28(64)9-42)13-29(72-25)63-23-52-34-39(63)53-41(45)54-40(34)65/h19-27,29-31H,9-18,42H2,1-8H3,(H2,43,46,48)(H2,44,47,49)(H3,45,53,54,65). The highest BCUT2D eigenvalue weighted by atomic mass is 31.2. The van der Waals surface area contributed by atoms with Crippen molar-refractivity contribution in [3.8, 4) is 0 Å². The first-order chi connectivity index (χ1) is 36.5. The lowest BCUT2D eigenvalue weighted by molar-refractivity contribution is -0.157. The summed E-state index contributed by atoms with van der Waals surface area (Å²) in [5.41, 5.74) is 24.6. The molecule has 6 aromatic heterocycles.